The van der Waals surface area contributed by atoms with E-state index in [1.807, 2.05) is 0 Å². The summed E-state index contributed by atoms with van der Waals surface area (Å²) in [4.78, 5) is 0. The van der Waals surface area contributed by atoms with Crippen LogP contribution >= 0.6 is 0 Å². The first-order chi connectivity index (χ1) is 6.63. The Balaban J connectivity index is 2.22. The third kappa shape index (κ3) is 1.54. The van der Waals surface area contributed by atoms with Gasteiger partial charge < -0.3 is 10.2 Å². The Hall–Kier alpha value is -0.900. The zero-order chi connectivity index (χ0) is 10.2. The molecule has 0 aliphatic heterocycles. The van der Waals surface area contributed by atoms with Gasteiger partial charge in [-0.15, -0.1) is 10.2 Å². The molecule has 4 nitrogen and oxygen atoms in total. The van der Waals surface area contributed by atoms with Crippen molar-refractivity contribution in [1.29, 1.82) is 0 Å². The molecule has 1 fully saturated rings. The summed E-state index contributed by atoms with van der Waals surface area (Å²) in [6.07, 6.45) is 3.63. The molecule has 1 unspecified atom stereocenters. The van der Waals surface area contributed by atoms with Gasteiger partial charge >= 0.3 is 0 Å². The molecule has 1 saturated carbocycles. The molecule has 4 heteroatoms. The maximum absolute atomic E-state index is 5.51. The highest BCUT2D eigenvalue weighted by molar-refractivity contribution is 5.02. The van der Waals surface area contributed by atoms with Crippen molar-refractivity contribution >= 4 is 0 Å². The first-order valence-electron chi connectivity index (χ1n) is 5.16. The van der Waals surface area contributed by atoms with Crippen LogP contribution in [0.3, 0.4) is 0 Å². The van der Waals surface area contributed by atoms with Gasteiger partial charge in [-0.05, 0) is 18.3 Å². The summed E-state index contributed by atoms with van der Waals surface area (Å²) in [7, 11) is 0. The lowest BCUT2D eigenvalue weighted by Gasteiger charge is -2.23. The minimum Gasteiger partial charge on any atom is -0.424 e. The molecule has 2 N–H and O–H groups in total. The summed E-state index contributed by atoms with van der Waals surface area (Å²) in [5.74, 6) is 1.73. The smallest absolute Gasteiger partial charge is 0.230 e. The zero-order valence-corrected chi connectivity index (χ0v) is 8.79. The molecule has 1 atom stereocenters. The van der Waals surface area contributed by atoms with E-state index >= 15 is 0 Å². The zero-order valence-electron chi connectivity index (χ0n) is 8.79. The monoisotopic (exact) mass is 195 g/mol. The second-order valence-corrected chi connectivity index (χ2v) is 4.67. The third-order valence-corrected chi connectivity index (χ3v) is 3.21. The summed E-state index contributed by atoms with van der Waals surface area (Å²) in [5.41, 5.74) is 5.72. The van der Waals surface area contributed by atoms with Crippen molar-refractivity contribution < 1.29 is 4.42 Å². The average molecular weight is 195 g/mol. The lowest BCUT2D eigenvalue weighted by Crippen LogP contribution is -2.15. The van der Waals surface area contributed by atoms with E-state index in [-0.39, 0.29) is 0 Å². The van der Waals surface area contributed by atoms with Crippen molar-refractivity contribution in [2.45, 2.75) is 45.6 Å². The van der Waals surface area contributed by atoms with Gasteiger partial charge in [-0.1, -0.05) is 20.3 Å². The molecule has 78 valence electrons. The largest absolute Gasteiger partial charge is 0.424 e. The average Bonchev–Trinajstić information content (AvgIpc) is 2.70. The van der Waals surface area contributed by atoms with E-state index in [0.29, 0.717) is 23.8 Å². The molecule has 0 spiro atoms. The van der Waals surface area contributed by atoms with Crippen LogP contribution in [0, 0.1) is 5.41 Å². The van der Waals surface area contributed by atoms with Crippen molar-refractivity contribution in [3.63, 3.8) is 0 Å². The number of hydrogen-bond donors (Lipinski definition) is 1. The maximum Gasteiger partial charge on any atom is 0.230 e. The molecule has 1 aliphatic rings. The molecule has 0 bridgehead atoms. The van der Waals surface area contributed by atoms with E-state index < -0.39 is 0 Å². The van der Waals surface area contributed by atoms with Crippen molar-refractivity contribution in [2.24, 2.45) is 11.1 Å². The molecule has 0 aromatic carbocycles. The molecule has 1 aromatic rings. The minimum absolute atomic E-state index is 0.290. The Bertz CT molecular complexity index is 319. The van der Waals surface area contributed by atoms with E-state index in [0.717, 1.165) is 12.3 Å². The topological polar surface area (TPSA) is 64.9 Å². The van der Waals surface area contributed by atoms with E-state index in [1.54, 1.807) is 0 Å². The van der Waals surface area contributed by atoms with E-state index in [2.05, 4.69) is 24.0 Å². The van der Waals surface area contributed by atoms with Gasteiger partial charge in [0.1, 0.15) is 0 Å². The summed E-state index contributed by atoms with van der Waals surface area (Å²) in [6.45, 7) is 4.86. The maximum atomic E-state index is 5.51. The lowest BCUT2D eigenvalue weighted by molar-refractivity contribution is 0.281. The molecule has 1 aliphatic carbocycles. The molecular weight excluding hydrogens is 178 g/mol. The van der Waals surface area contributed by atoms with Crippen LogP contribution in [0.15, 0.2) is 4.42 Å². The van der Waals surface area contributed by atoms with Crippen molar-refractivity contribution in [3.05, 3.63) is 11.8 Å². The molecular formula is C10H17N3O. The summed E-state index contributed by atoms with van der Waals surface area (Å²) >= 11 is 0. The van der Waals surface area contributed by atoms with Crippen molar-refractivity contribution in [2.75, 3.05) is 0 Å². The van der Waals surface area contributed by atoms with E-state index in [4.69, 9.17) is 10.2 Å². The summed E-state index contributed by atoms with van der Waals surface area (Å²) in [5, 5.41) is 7.97. The van der Waals surface area contributed by atoms with Crippen LogP contribution in [0.2, 0.25) is 0 Å². The molecule has 0 amide bonds. The van der Waals surface area contributed by atoms with Gasteiger partial charge in [-0.3, -0.25) is 0 Å². The van der Waals surface area contributed by atoms with Gasteiger partial charge in [-0.2, -0.15) is 0 Å². The van der Waals surface area contributed by atoms with Gasteiger partial charge in [-0.25, -0.2) is 0 Å². The Morgan fingerprint density at radius 1 is 1.50 bits per heavy atom. The number of nitrogens with zero attached hydrogens (tertiary/aromatic N) is 2. The second-order valence-electron chi connectivity index (χ2n) is 4.67. The quantitative estimate of drug-likeness (QED) is 0.781. The number of hydrogen-bond acceptors (Lipinski definition) is 4. The van der Waals surface area contributed by atoms with Crippen molar-refractivity contribution in [1.82, 2.24) is 10.2 Å². The molecule has 1 aromatic heterocycles. The number of aromatic nitrogens is 2. The van der Waals surface area contributed by atoms with Gasteiger partial charge in [0.25, 0.3) is 0 Å². The normalized spacial score (nSPS) is 25.5. The lowest BCUT2D eigenvalue weighted by atomic mass is 9.82. The highest BCUT2D eigenvalue weighted by Crippen LogP contribution is 2.48. The Kier molecular flexibility index (Phi) is 2.31. The fraction of sp³-hybridized carbons (Fsp3) is 0.800. The standard InChI is InChI=1S/C10H17N3O/c1-10(2)5-3-4-7(10)9-13-12-8(6-11)14-9/h7H,3-6,11H2,1-2H3. The van der Waals surface area contributed by atoms with E-state index in [9.17, 15) is 0 Å². The highest BCUT2D eigenvalue weighted by atomic mass is 16.4. The molecule has 0 radical (unpaired) electrons. The fourth-order valence-electron chi connectivity index (χ4n) is 2.27. The molecule has 2 rings (SSSR count). The second kappa shape index (κ2) is 3.35. The van der Waals surface area contributed by atoms with E-state index in [1.165, 1.54) is 12.8 Å². The predicted octanol–water partition coefficient (Wildman–Crippen LogP) is 1.82. The Morgan fingerprint density at radius 2 is 2.29 bits per heavy atom. The van der Waals surface area contributed by atoms with Crippen LogP contribution in [-0.2, 0) is 6.54 Å². The predicted molar refractivity (Wildman–Crippen MR) is 52.6 cm³/mol. The highest BCUT2D eigenvalue weighted by Gasteiger charge is 2.38. The number of nitrogens with two attached hydrogens (primary N) is 1. The van der Waals surface area contributed by atoms with Gasteiger partial charge in [0, 0.05) is 5.92 Å². The summed E-state index contributed by atoms with van der Waals surface area (Å²) in [6, 6.07) is 0. The van der Waals surface area contributed by atoms with Gasteiger partial charge in [0.2, 0.25) is 11.8 Å². The van der Waals surface area contributed by atoms with Crippen LogP contribution in [0.5, 0.6) is 0 Å². The third-order valence-electron chi connectivity index (χ3n) is 3.21. The summed E-state index contributed by atoms with van der Waals surface area (Å²) < 4.78 is 5.51. The molecule has 14 heavy (non-hydrogen) atoms. The fourth-order valence-corrected chi connectivity index (χ4v) is 2.27. The van der Waals surface area contributed by atoms with Gasteiger partial charge in [0.05, 0.1) is 6.54 Å². The Morgan fingerprint density at radius 3 is 2.79 bits per heavy atom. The molecule has 0 saturated heterocycles. The minimum atomic E-state index is 0.290. The van der Waals surface area contributed by atoms with Crippen molar-refractivity contribution in [3.8, 4) is 0 Å². The van der Waals surface area contributed by atoms with Crippen LogP contribution in [-0.4, -0.2) is 10.2 Å². The SMILES string of the molecule is CC1(C)CCCC1c1nnc(CN)o1. The van der Waals surface area contributed by atoms with Crippen LogP contribution < -0.4 is 5.73 Å². The first kappa shape index (κ1) is 9.65. The number of rotatable bonds is 2. The first-order valence-corrected chi connectivity index (χ1v) is 5.16. The van der Waals surface area contributed by atoms with Gasteiger partial charge in [0.15, 0.2) is 0 Å². The van der Waals surface area contributed by atoms with Crippen LogP contribution in [0.25, 0.3) is 0 Å². The van der Waals surface area contributed by atoms with Crippen LogP contribution in [0.4, 0.5) is 0 Å². The Labute approximate surface area is 83.9 Å². The van der Waals surface area contributed by atoms with Crippen LogP contribution in [0.1, 0.15) is 50.8 Å². The molecule has 1 heterocycles.